The van der Waals surface area contributed by atoms with Crippen molar-refractivity contribution in [3.05, 3.63) is 51.7 Å². The maximum atomic E-state index is 6.14. The van der Waals surface area contributed by atoms with Gasteiger partial charge >= 0.3 is 0 Å². The van der Waals surface area contributed by atoms with Crippen molar-refractivity contribution >= 4 is 17.0 Å². The molecule has 0 aliphatic carbocycles. The summed E-state index contributed by atoms with van der Waals surface area (Å²) in [7, 11) is 0. The number of benzene rings is 1. The molecule has 3 nitrogen and oxygen atoms in total. The number of anilines is 1. The van der Waals surface area contributed by atoms with Crippen LogP contribution in [0.4, 0.5) is 5.69 Å². The van der Waals surface area contributed by atoms with Gasteiger partial charge in [0.25, 0.3) is 0 Å². The molecule has 122 valence electrons. The molecule has 2 aromatic rings. The van der Waals surface area contributed by atoms with E-state index in [-0.39, 0.29) is 23.7 Å². The lowest BCUT2D eigenvalue weighted by atomic mass is 9.82. The number of fused-ring (bicyclic) bond motifs is 3. The fraction of sp³-hybridized carbons (Fsp3) is 0.474. The third kappa shape index (κ3) is 2.69. The molecule has 0 radical (unpaired) electrons. The quantitative estimate of drug-likeness (QED) is 0.825. The molecule has 0 saturated carbocycles. The first-order valence-corrected chi connectivity index (χ1v) is 9.14. The number of hydrogen-bond acceptors (Lipinski definition) is 4. The van der Waals surface area contributed by atoms with E-state index >= 15 is 0 Å². The Balaban J connectivity index is 1.78. The van der Waals surface area contributed by atoms with Crippen molar-refractivity contribution in [2.75, 3.05) is 18.5 Å². The second-order valence-corrected chi connectivity index (χ2v) is 8.14. The highest BCUT2D eigenvalue weighted by molar-refractivity contribution is 7.08. The highest BCUT2D eigenvalue weighted by atomic mass is 32.1. The second kappa shape index (κ2) is 5.62. The molecule has 23 heavy (non-hydrogen) atoms. The SMILES string of the molecule is CC(C)(C)c1ccc2c(c1)[C@@H]1OCCO[C@@H]1[C@@H](c1ccsc1)N2. The van der Waals surface area contributed by atoms with E-state index in [2.05, 4.69) is 61.1 Å². The van der Waals surface area contributed by atoms with Crippen molar-refractivity contribution < 1.29 is 9.47 Å². The van der Waals surface area contributed by atoms with Crippen molar-refractivity contribution in [3.8, 4) is 0 Å². The largest absolute Gasteiger partial charge is 0.375 e. The summed E-state index contributed by atoms with van der Waals surface area (Å²) in [6.45, 7) is 8.06. The number of nitrogens with one attached hydrogen (secondary N) is 1. The molecule has 0 unspecified atom stereocenters. The molecule has 0 amide bonds. The fourth-order valence-electron chi connectivity index (χ4n) is 3.45. The number of hydrogen-bond donors (Lipinski definition) is 1. The Bertz CT molecular complexity index is 690. The minimum absolute atomic E-state index is 0.00667. The van der Waals surface area contributed by atoms with E-state index in [1.807, 2.05) is 0 Å². The molecule has 2 aliphatic heterocycles. The van der Waals surface area contributed by atoms with Gasteiger partial charge in [-0.1, -0.05) is 32.9 Å². The number of rotatable bonds is 1. The lowest BCUT2D eigenvalue weighted by Crippen LogP contribution is -2.43. The summed E-state index contributed by atoms with van der Waals surface area (Å²) in [6, 6.07) is 9.04. The van der Waals surface area contributed by atoms with Crippen LogP contribution < -0.4 is 5.32 Å². The lowest BCUT2D eigenvalue weighted by molar-refractivity contribution is -0.151. The maximum absolute atomic E-state index is 6.14. The maximum Gasteiger partial charge on any atom is 0.113 e. The van der Waals surface area contributed by atoms with Gasteiger partial charge in [-0.3, -0.25) is 0 Å². The normalized spacial score (nSPS) is 27.0. The molecule has 0 spiro atoms. The topological polar surface area (TPSA) is 30.5 Å². The van der Waals surface area contributed by atoms with Gasteiger partial charge in [-0.05, 0) is 39.4 Å². The van der Waals surface area contributed by atoms with Gasteiger partial charge in [0.2, 0.25) is 0 Å². The first-order valence-electron chi connectivity index (χ1n) is 8.20. The molecule has 2 aliphatic rings. The average Bonchev–Trinajstić information content (AvgIpc) is 3.07. The van der Waals surface area contributed by atoms with Gasteiger partial charge in [0, 0.05) is 11.3 Å². The molecule has 1 saturated heterocycles. The highest BCUT2D eigenvalue weighted by Gasteiger charge is 2.41. The highest BCUT2D eigenvalue weighted by Crippen LogP contribution is 2.45. The molecule has 0 bridgehead atoms. The average molecular weight is 329 g/mol. The summed E-state index contributed by atoms with van der Waals surface area (Å²) >= 11 is 1.72. The zero-order chi connectivity index (χ0) is 16.0. The minimum Gasteiger partial charge on any atom is -0.375 e. The van der Waals surface area contributed by atoms with E-state index < -0.39 is 0 Å². The molecule has 1 aromatic heterocycles. The van der Waals surface area contributed by atoms with Crippen LogP contribution in [0.25, 0.3) is 0 Å². The Kier molecular flexibility index (Phi) is 3.71. The lowest BCUT2D eigenvalue weighted by Gasteiger charge is -2.43. The second-order valence-electron chi connectivity index (χ2n) is 7.36. The van der Waals surface area contributed by atoms with E-state index in [0.717, 1.165) is 0 Å². The first kappa shape index (κ1) is 15.2. The van der Waals surface area contributed by atoms with Crippen LogP contribution in [0, 0.1) is 0 Å². The number of ether oxygens (including phenoxy) is 2. The van der Waals surface area contributed by atoms with Crippen molar-refractivity contribution in [2.24, 2.45) is 0 Å². The van der Waals surface area contributed by atoms with E-state index in [1.54, 1.807) is 11.3 Å². The summed E-state index contributed by atoms with van der Waals surface area (Å²) in [5.74, 6) is 0. The standard InChI is InChI=1S/C19H23NO2S/c1-19(2,3)13-4-5-15-14(10-13)17-18(22-8-7-21-17)16(20-15)12-6-9-23-11-12/h4-6,9-11,16-18,20H,7-8H2,1-3H3/t16-,17+,18-/m1/s1. The molecular weight excluding hydrogens is 306 g/mol. The van der Waals surface area contributed by atoms with Gasteiger partial charge < -0.3 is 14.8 Å². The van der Waals surface area contributed by atoms with Crippen molar-refractivity contribution in [3.63, 3.8) is 0 Å². The Labute approximate surface area is 141 Å². The zero-order valence-corrected chi connectivity index (χ0v) is 14.7. The first-order chi connectivity index (χ1) is 11.0. The molecule has 4 rings (SSSR count). The van der Waals surface area contributed by atoms with Crippen LogP contribution in [-0.4, -0.2) is 19.3 Å². The van der Waals surface area contributed by atoms with Crippen LogP contribution in [0.15, 0.2) is 35.0 Å². The van der Waals surface area contributed by atoms with Crippen LogP contribution in [0.2, 0.25) is 0 Å². The van der Waals surface area contributed by atoms with Crippen LogP contribution in [-0.2, 0) is 14.9 Å². The Morgan fingerprint density at radius 1 is 1.13 bits per heavy atom. The summed E-state index contributed by atoms with van der Waals surface area (Å²) < 4.78 is 12.3. The fourth-order valence-corrected chi connectivity index (χ4v) is 4.15. The van der Waals surface area contributed by atoms with E-state index in [0.29, 0.717) is 13.2 Å². The third-order valence-electron chi connectivity index (χ3n) is 4.76. The monoisotopic (exact) mass is 329 g/mol. The van der Waals surface area contributed by atoms with E-state index in [1.165, 1.54) is 22.4 Å². The van der Waals surface area contributed by atoms with Crippen molar-refractivity contribution in [1.29, 1.82) is 0 Å². The molecule has 1 fully saturated rings. The number of thiophene rings is 1. The zero-order valence-electron chi connectivity index (χ0n) is 13.8. The van der Waals surface area contributed by atoms with E-state index in [9.17, 15) is 0 Å². The predicted molar refractivity (Wildman–Crippen MR) is 94.3 cm³/mol. The third-order valence-corrected chi connectivity index (χ3v) is 5.46. The Morgan fingerprint density at radius 2 is 1.96 bits per heavy atom. The van der Waals surface area contributed by atoms with Gasteiger partial charge in [-0.15, -0.1) is 0 Å². The molecule has 3 heterocycles. The molecular formula is C19H23NO2S. The Morgan fingerprint density at radius 3 is 2.70 bits per heavy atom. The van der Waals surface area contributed by atoms with Gasteiger partial charge in [0.15, 0.2) is 0 Å². The van der Waals surface area contributed by atoms with E-state index in [4.69, 9.17) is 9.47 Å². The van der Waals surface area contributed by atoms with Gasteiger partial charge in [-0.2, -0.15) is 11.3 Å². The van der Waals surface area contributed by atoms with Gasteiger partial charge in [0.1, 0.15) is 12.2 Å². The van der Waals surface area contributed by atoms with Gasteiger partial charge in [0.05, 0.1) is 19.3 Å². The van der Waals surface area contributed by atoms with Crippen LogP contribution >= 0.6 is 11.3 Å². The Hall–Kier alpha value is -1.36. The van der Waals surface area contributed by atoms with Crippen molar-refractivity contribution in [2.45, 2.75) is 44.4 Å². The molecule has 1 N–H and O–H groups in total. The molecule has 4 heteroatoms. The van der Waals surface area contributed by atoms with Crippen LogP contribution in [0.3, 0.4) is 0 Å². The summed E-state index contributed by atoms with van der Waals surface area (Å²) in [5, 5.41) is 7.99. The van der Waals surface area contributed by atoms with Crippen LogP contribution in [0.1, 0.15) is 49.6 Å². The summed E-state index contributed by atoms with van der Waals surface area (Å²) in [6.07, 6.45) is 0.0354. The van der Waals surface area contributed by atoms with Crippen LogP contribution in [0.5, 0.6) is 0 Å². The molecule has 1 aromatic carbocycles. The molecule has 3 atom stereocenters. The van der Waals surface area contributed by atoms with Gasteiger partial charge in [-0.25, -0.2) is 0 Å². The van der Waals surface area contributed by atoms with Crippen molar-refractivity contribution in [1.82, 2.24) is 0 Å². The minimum atomic E-state index is 0.00667. The summed E-state index contributed by atoms with van der Waals surface area (Å²) in [5.41, 5.74) is 5.14. The predicted octanol–water partition coefficient (Wildman–Crippen LogP) is 4.67. The smallest absolute Gasteiger partial charge is 0.113 e. The summed E-state index contributed by atoms with van der Waals surface area (Å²) in [4.78, 5) is 0.